The fourth-order valence-electron chi connectivity index (χ4n) is 16.4. The van der Waals surface area contributed by atoms with Crippen LogP contribution in [0.5, 0.6) is 17.2 Å². The zero-order chi connectivity index (χ0) is 103. The van der Waals surface area contributed by atoms with Crippen LogP contribution >= 0.6 is 0 Å². The normalized spacial score (nSPS) is 18.4. The molecular formula is C102H84F12N14O15. The predicted molar refractivity (Wildman–Crippen MR) is 492 cm³/mol. The first kappa shape index (κ1) is 102. The topological polar surface area (TPSA) is 387 Å². The Bertz CT molecular complexity index is 6900. The number of Topliss-reactive ketones (excluding diaryl/α,β-unsaturated/α-hetero) is 4. The van der Waals surface area contributed by atoms with Crippen molar-refractivity contribution in [3.8, 4) is 17.2 Å². The number of halogens is 12. The van der Waals surface area contributed by atoms with Gasteiger partial charge in [0, 0.05) is 40.8 Å². The van der Waals surface area contributed by atoms with Gasteiger partial charge in [-0.2, -0.15) is 28.5 Å². The second-order valence-electron chi connectivity index (χ2n) is 33.9. The Balaban J connectivity index is 0.000000152. The Labute approximate surface area is 806 Å². The van der Waals surface area contributed by atoms with Gasteiger partial charge in [-0.15, -0.1) is 54.8 Å². The molecule has 4 atom stereocenters. The number of rotatable bonds is 18. The van der Waals surface area contributed by atoms with E-state index in [9.17, 15) is 111 Å². The van der Waals surface area contributed by atoms with Crippen LogP contribution in [0.2, 0.25) is 0 Å². The molecule has 4 unspecified atom stereocenters. The molecule has 4 N–H and O–H groups in total. The highest BCUT2D eigenvalue weighted by molar-refractivity contribution is 6.54. The highest BCUT2D eigenvalue weighted by Crippen LogP contribution is 2.49. The third-order valence-corrected chi connectivity index (χ3v) is 23.5. The maximum absolute atomic E-state index is 13.3. The van der Waals surface area contributed by atoms with Crippen LogP contribution in [0.4, 0.5) is 76.0 Å². The van der Waals surface area contributed by atoms with Crippen LogP contribution in [0.25, 0.3) is 23.0 Å². The summed E-state index contributed by atoms with van der Waals surface area (Å²) >= 11 is 0. The number of nitrogens with zero attached hydrogens (tertiary/aromatic N) is 14. The fraction of sp³-hybridized carbons (Fsp3) is 0.235. The largest absolute Gasteiger partial charge is 0.573 e. The van der Waals surface area contributed by atoms with Crippen LogP contribution in [-0.2, 0) is 44.5 Å². The number of ketones is 4. The number of pyridine rings is 2. The van der Waals surface area contributed by atoms with Crippen molar-refractivity contribution in [2.24, 2.45) is 0 Å². The van der Waals surface area contributed by atoms with Gasteiger partial charge in [0.1, 0.15) is 46.0 Å². The number of hydrogen-bond acceptors (Lipinski definition) is 25. The van der Waals surface area contributed by atoms with Gasteiger partial charge in [-0.05, 0) is 194 Å². The van der Waals surface area contributed by atoms with Gasteiger partial charge in [0.15, 0.2) is 23.3 Å². The Morgan fingerprint density at radius 1 is 0.315 bits per heavy atom. The minimum atomic E-state index is -4.97. The summed E-state index contributed by atoms with van der Waals surface area (Å²) in [6.45, 7) is 15.0. The molecule has 4 saturated heterocycles. The summed E-state index contributed by atoms with van der Waals surface area (Å²) in [5.41, 5.74) is 5.48. The lowest BCUT2D eigenvalue weighted by Crippen LogP contribution is -2.30. The van der Waals surface area contributed by atoms with Gasteiger partial charge in [0.05, 0.1) is 81.6 Å². The van der Waals surface area contributed by atoms with Crippen molar-refractivity contribution < 1.29 is 126 Å². The van der Waals surface area contributed by atoms with E-state index in [1.165, 1.54) is 79.0 Å². The number of aliphatic hydroxyl groups is 4. The smallest absolute Gasteiger partial charge is 0.507 e. The van der Waals surface area contributed by atoms with Crippen molar-refractivity contribution in [1.82, 2.24) is 50.5 Å². The second-order valence-corrected chi connectivity index (χ2v) is 33.9. The Morgan fingerprint density at radius 3 is 0.895 bits per heavy atom. The summed E-state index contributed by atoms with van der Waals surface area (Å²) in [4.78, 5) is 125. The van der Waals surface area contributed by atoms with Crippen molar-refractivity contribution in [3.63, 3.8) is 0 Å². The number of aryl methyl sites for hydroxylation is 4. The molecule has 1 aliphatic carbocycles. The zero-order valence-electron chi connectivity index (χ0n) is 76.7. The predicted octanol–water partition coefficient (Wildman–Crippen LogP) is 20.4. The van der Waals surface area contributed by atoms with Crippen molar-refractivity contribution in [1.29, 1.82) is 0 Å². The number of alkyl halides is 12. The first-order chi connectivity index (χ1) is 67.7. The first-order valence-corrected chi connectivity index (χ1v) is 44.0. The number of ether oxygens (including phenoxy) is 3. The molecule has 29 nitrogen and oxygen atoms in total. The van der Waals surface area contributed by atoms with E-state index in [-0.39, 0.29) is 79.7 Å². The number of amides is 4. The summed E-state index contributed by atoms with van der Waals surface area (Å²) in [5.74, 6) is -9.79. The Hall–Kier alpha value is -16.8. The highest BCUT2D eigenvalue weighted by Gasteiger charge is 2.53. The molecule has 12 aromatic rings. The molecule has 10 heterocycles. The van der Waals surface area contributed by atoms with Gasteiger partial charge < -0.3 is 34.6 Å². The second kappa shape index (κ2) is 42.1. The lowest BCUT2D eigenvalue weighted by atomic mass is 9.84. The van der Waals surface area contributed by atoms with Gasteiger partial charge >= 0.3 is 48.9 Å². The van der Waals surface area contributed by atoms with Crippen molar-refractivity contribution in [2.45, 2.75) is 155 Å². The van der Waals surface area contributed by atoms with E-state index in [1.807, 2.05) is 38.1 Å². The van der Waals surface area contributed by atoms with Gasteiger partial charge in [0.2, 0.25) is 0 Å². The SMILES string of the molecule is Cc1ccc(N2C(=O)C(=O)C(=C(O)c3ccc(C(C)C)cc3)C2c2ccncc2)nn1.Cc1ccc(N2C(=O)C(=O)C(=C(O)c3ccc(C(F)(F)F)nc3)C2c2ccc(OC(F)(F)F)cc2)nn1.Cc1ccc(N2C(=O)C(=O)C(=C(O)c3ccc(C4CCCCC4)cc3)C2c2ccc(OC(F)(F)F)cc2)nn1.Cc1cnc(N2C(=O)C(=O)C(=C(O)c3ccc(C(C)C)cc3)C2c2ccc(OC(F)(F)F)cc2)cn1. The van der Waals surface area contributed by atoms with Crippen LogP contribution < -0.4 is 33.8 Å². The monoisotopic (exact) mass is 1970 g/mol. The number of hydrogen-bond donors (Lipinski definition) is 4. The minimum absolute atomic E-state index is 0.0101. The van der Waals surface area contributed by atoms with Crippen LogP contribution in [0.1, 0.15) is 191 Å². The third-order valence-electron chi connectivity index (χ3n) is 23.5. The standard InChI is InChI=1S/C29H26F3N3O4.C26H22F3N3O4.C24H22N4O3.C23H14F6N4O4/c1-17-7-16-23(34-33-17)35-25(20-12-14-22(15-13-20)39-29(30,31)32)24(27(37)28(35)38)26(36)21-10-8-19(9-11-21)18-5-3-2-4-6-18;1-14(2)16-4-6-18(7-5-16)23(33)21-22(17-8-10-19(11-9-17)36-26(27,28)29)32(25(35)24(21)34)20-13-30-15(3)12-31-20;1-14(2)16-5-7-18(8-6-16)22(29)20-21(17-10-12-25-13-11-17)28(24(31)23(20)30)19-9-4-15(3)26-27-19;1-11-2-9-16(32-31-11)33-18(12-3-6-14(7-4-12)37-23(27,28)29)17(20(35)21(33)36)19(34)13-5-8-15(30-10-13)22(24,25)26/h7-16,18,25,36H,2-6H2,1H3;4-14,22,33H,1-3H3;4-14,21,29H,1-3H3;2-10,18,34H,1H3. The molecule has 4 aliphatic heterocycles. The van der Waals surface area contributed by atoms with E-state index in [4.69, 9.17) is 0 Å². The molecule has 17 rings (SSSR count). The minimum Gasteiger partial charge on any atom is -0.507 e. The van der Waals surface area contributed by atoms with E-state index < -0.39 is 136 Å². The number of carbonyl (C=O) groups excluding carboxylic acids is 8. The van der Waals surface area contributed by atoms with Crippen molar-refractivity contribution >= 4 is 93.1 Å². The summed E-state index contributed by atoms with van der Waals surface area (Å²) in [5, 5.41) is 68.3. The van der Waals surface area contributed by atoms with Crippen LogP contribution in [-0.4, -0.2) is 137 Å². The molecule has 5 aliphatic rings. The molecule has 6 aromatic carbocycles. The highest BCUT2D eigenvalue weighted by atomic mass is 19.4. The van der Waals surface area contributed by atoms with E-state index in [0.29, 0.717) is 69.1 Å². The molecule has 4 amide bonds. The molecule has 1 saturated carbocycles. The average molecular weight is 1970 g/mol. The average Bonchev–Trinajstić information content (AvgIpc) is 1.60. The summed E-state index contributed by atoms with van der Waals surface area (Å²) < 4.78 is 164. The van der Waals surface area contributed by atoms with Crippen LogP contribution in [0.3, 0.4) is 0 Å². The van der Waals surface area contributed by atoms with Gasteiger partial charge in [-0.1, -0.05) is 156 Å². The zero-order valence-corrected chi connectivity index (χ0v) is 76.7. The molecule has 41 heteroatoms. The van der Waals surface area contributed by atoms with Crippen molar-refractivity contribution in [2.75, 3.05) is 19.6 Å². The molecule has 143 heavy (non-hydrogen) atoms. The van der Waals surface area contributed by atoms with Crippen LogP contribution in [0, 0.1) is 27.7 Å². The van der Waals surface area contributed by atoms with E-state index in [2.05, 4.69) is 78.6 Å². The van der Waals surface area contributed by atoms with E-state index in [0.717, 1.165) is 98.8 Å². The molecule has 5 fully saturated rings. The summed E-state index contributed by atoms with van der Waals surface area (Å²) in [6, 6.07) is 44.8. The molecular weight excluding hydrogens is 1890 g/mol. The van der Waals surface area contributed by atoms with Gasteiger partial charge in [-0.3, -0.25) is 72.9 Å². The number of benzene rings is 6. The Morgan fingerprint density at radius 2 is 0.615 bits per heavy atom. The molecule has 0 spiro atoms. The number of carbonyl (C=O) groups is 8. The lowest BCUT2D eigenvalue weighted by molar-refractivity contribution is -0.275. The summed E-state index contributed by atoms with van der Waals surface area (Å²) in [7, 11) is 0. The van der Waals surface area contributed by atoms with E-state index in [1.54, 1.807) is 119 Å². The molecule has 736 valence electrons. The van der Waals surface area contributed by atoms with Crippen LogP contribution in [0.15, 0.2) is 260 Å². The number of anilines is 4. The molecule has 0 bridgehead atoms. The maximum Gasteiger partial charge on any atom is 0.573 e. The Kier molecular flexibility index (Phi) is 30.1. The fourth-order valence-corrected chi connectivity index (χ4v) is 16.4. The molecule has 0 radical (unpaired) electrons. The number of aliphatic hydroxyl groups excluding tert-OH is 4. The van der Waals surface area contributed by atoms with Gasteiger partial charge in [-0.25, -0.2) is 4.98 Å². The van der Waals surface area contributed by atoms with Gasteiger partial charge in [0.25, 0.3) is 23.1 Å². The molecule has 6 aromatic heterocycles. The third kappa shape index (κ3) is 23.2. The first-order valence-electron chi connectivity index (χ1n) is 44.0. The quantitative estimate of drug-likeness (QED) is 0.0268. The van der Waals surface area contributed by atoms with Crippen molar-refractivity contribution in [3.05, 3.63) is 349 Å². The number of aromatic nitrogens is 10. The summed E-state index contributed by atoms with van der Waals surface area (Å²) in [6.07, 6.45) is -7.16. The lowest BCUT2D eigenvalue weighted by Gasteiger charge is -2.24. The maximum atomic E-state index is 13.3. The van der Waals surface area contributed by atoms with E-state index >= 15 is 0 Å².